The third kappa shape index (κ3) is 42.5. The van der Waals surface area contributed by atoms with E-state index in [4.69, 9.17) is 24.1 Å². The lowest BCUT2D eigenvalue weighted by molar-refractivity contribution is -0.150. The van der Waals surface area contributed by atoms with Crippen LogP contribution in [0.5, 0.6) is 0 Å². The van der Waals surface area contributed by atoms with Gasteiger partial charge in [-0.1, -0.05) is 148 Å². The number of carboxylic acid groups (broad SMARTS) is 1. The molecule has 0 amide bonds. The van der Waals surface area contributed by atoms with Gasteiger partial charge in [0.05, 0.1) is 45.4 Å². The van der Waals surface area contributed by atoms with Gasteiger partial charge in [-0.15, -0.1) is 0 Å². The van der Waals surface area contributed by atoms with Crippen molar-refractivity contribution >= 4 is 29.8 Å². The molecule has 2 N–H and O–H groups in total. The lowest BCUT2D eigenvalue weighted by Crippen LogP contribution is -2.21. The van der Waals surface area contributed by atoms with Crippen LogP contribution in [0.2, 0.25) is 0 Å². The molecule has 0 aliphatic heterocycles. The molecule has 0 saturated carbocycles. The number of carboxylic acids is 1. The summed E-state index contributed by atoms with van der Waals surface area (Å²) in [7, 11) is 0. The van der Waals surface area contributed by atoms with E-state index in [2.05, 4.69) is 6.92 Å². The number of carbonyl (C=O) groups excluding carboxylic acids is 4. The Morgan fingerprint density at radius 3 is 0.911 bits per heavy atom. The maximum absolute atomic E-state index is 12.0. The normalized spacial score (nSPS) is 11.6. The number of rotatable bonds is 43. The van der Waals surface area contributed by atoms with Crippen LogP contribution in [0.1, 0.15) is 225 Å². The van der Waals surface area contributed by atoms with Gasteiger partial charge in [0.1, 0.15) is 0 Å². The highest BCUT2D eigenvalue weighted by Gasteiger charge is 2.17. The SMILES string of the molecule is CCCCCCCCCCCCOC(=O)CC(O)CC(=O)OCCCCCCCCCCCC(=O)OCCCCCCCC(=O)OCCCCCCCC(=O)O. The van der Waals surface area contributed by atoms with E-state index in [0.717, 1.165) is 135 Å². The lowest BCUT2D eigenvalue weighted by atomic mass is 10.1. The van der Waals surface area contributed by atoms with Crippen LogP contribution in [-0.2, 0) is 42.9 Å². The summed E-state index contributed by atoms with van der Waals surface area (Å²) in [6.07, 6.45) is 29.9. The molecule has 0 aromatic rings. The van der Waals surface area contributed by atoms with Crippen molar-refractivity contribution in [3.63, 3.8) is 0 Å². The maximum Gasteiger partial charge on any atom is 0.308 e. The summed E-state index contributed by atoms with van der Waals surface area (Å²) in [5.41, 5.74) is 0. The monoisotopic (exact) mass is 799 g/mol. The van der Waals surface area contributed by atoms with Gasteiger partial charge >= 0.3 is 29.8 Å². The first-order valence-electron chi connectivity index (χ1n) is 22.8. The molecule has 1 unspecified atom stereocenters. The Hall–Kier alpha value is -2.69. The summed E-state index contributed by atoms with van der Waals surface area (Å²) >= 11 is 0. The number of carbonyl (C=O) groups is 5. The van der Waals surface area contributed by atoms with E-state index < -0.39 is 24.0 Å². The van der Waals surface area contributed by atoms with Crippen LogP contribution in [0.15, 0.2) is 0 Å². The van der Waals surface area contributed by atoms with Gasteiger partial charge in [-0.05, 0) is 44.9 Å². The Balaban J connectivity index is 3.43. The van der Waals surface area contributed by atoms with Crippen molar-refractivity contribution in [2.75, 3.05) is 26.4 Å². The van der Waals surface area contributed by atoms with Crippen LogP contribution in [0, 0.1) is 0 Å². The molecule has 0 bridgehead atoms. The Morgan fingerprint density at radius 2 is 0.607 bits per heavy atom. The summed E-state index contributed by atoms with van der Waals surface area (Å²) in [4.78, 5) is 58.2. The molecule has 11 heteroatoms. The van der Waals surface area contributed by atoms with Gasteiger partial charge in [0, 0.05) is 19.3 Å². The van der Waals surface area contributed by atoms with Crippen molar-refractivity contribution in [2.24, 2.45) is 0 Å². The molecular weight excluding hydrogens is 716 g/mol. The number of hydrogen-bond acceptors (Lipinski definition) is 10. The topological polar surface area (TPSA) is 163 Å². The average molecular weight is 799 g/mol. The van der Waals surface area contributed by atoms with Crippen LogP contribution < -0.4 is 0 Å². The van der Waals surface area contributed by atoms with E-state index in [-0.39, 0.29) is 31.2 Å². The second-order valence-electron chi connectivity index (χ2n) is 15.5. The van der Waals surface area contributed by atoms with Gasteiger partial charge in [0.15, 0.2) is 0 Å². The number of hydrogen-bond donors (Lipinski definition) is 2. The summed E-state index contributed by atoms with van der Waals surface area (Å²) in [5.74, 6) is -1.99. The maximum atomic E-state index is 12.0. The molecular formula is C45H82O11. The number of unbranched alkanes of at least 4 members (excludes halogenated alkanes) is 25. The minimum absolute atomic E-state index is 0.125. The average Bonchev–Trinajstić information content (AvgIpc) is 3.16. The Kier molecular flexibility index (Phi) is 39.9. The van der Waals surface area contributed by atoms with Crippen LogP contribution in [0.25, 0.3) is 0 Å². The van der Waals surface area contributed by atoms with Gasteiger partial charge in [-0.2, -0.15) is 0 Å². The summed E-state index contributed by atoms with van der Waals surface area (Å²) in [6, 6.07) is 0. The molecule has 11 nitrogen and oxygen atoms in total. The quantitative estimate of drug-likeness (QED) is 0.0343. The highest BCUT2D eigenvalue weighted by Crippen LogP contribution is 2.14. The van der Waals surface area contributed by atoms with Crippen molar-refractivity contribution in [2.45, 2.75) is 231 Å². The molecule has 1 atom stereocenters. The van der Waals surface area contributed by atoms with Crippen molar-refractivity contribution in [1.82, 2.24) is 0 Å². The standard InChI is InChI=1S/C45H82O11/c1-2-3-4-5-6-7-10-13-20-29-36-55-44(51)38-40(46)39-45(52)56-37-30-21-14-11-8-9-12-18-25-32-42(49)54-35-28-23-16-19-26-33-43(50)53-34-27-22-15-17-24-31-41(47)48/h40,46H,2-39H2,1H3,(H,47,48). The third-order valence-corrected chi connectivity index (χ3v) is 9.94. The van der Waals surface area contributed by atoms with E-state index in [1.165, 1.54) is 44.9 Å². The Labute approximate surface area is 340 Å². The number of aliphatic hydroxyl groups is 1. The highest BCUT2D eigenvalue weighted by atomic mass is 16.5. The van der Waals surface area contributed by atoms with Crippen molar-refractivity contribution < 1.29 is 53.1 Å². The molecule has 0 fully saturated rings. The Morgan fingerprint density at radius 1 is 0.357 bits per heavy atom. The van der Waals surface area contributed by atoms with Crippen LogP contribution in [0.4, 0.5) is 0 Å². The lowest BCUT2D eigenvalue weighted by Gasteiger charge is -2.10. The van der Waals surface area contributed by atoms with Crippen LogP contribution in [-0.4, -0.2) is 72.6 Å². The first-order valence-corrected chi connectivity index (χ1v) is 22.8. The minimum atomic E-state index is -1.08. The summed E-state index contributed by atoms with van der Waals surface area (Å²) in [5, 5.41) is 18.7. The zero-order valence-corrected chi connectivity index (χ0v) is 35.5. The molecule has 0 aromatic heterocycles. The molecule has 0 spiro atoms. The van der Waals surface area contributed by atoms with Crippen LogP contribution in [0.3, 0.4) is 0 Å². The molecule has 0 aliphatic carbocycles. The molecule has 0 rings (SSSR count). The van der Waals surface area contributed by atoms with E-state index >= 15 is 0 Å². The number of aliphatic carboxylic acids is 1. The fraction of sp³-hybridized carbons (Fsp3) is 0.889. The number of aliphatic hydroxyl groups excluding tert-OH is 1. The second kappa shape index (κ2) is 41.9. The zero-order chi connectivity index (χ0) is 41.2. The molecule has 56 heavy (non-hydrogen) atoms. The van der Waals surface area contributed by atoms with E-state index in [0.29, 0.717) is 45.7 Å². The third-order valence-electron chi connectivity index (χ3n) is 9.94. The van der Waals surface area contributed by atoms with E-state index in [1.807, 2.05) is 0 Å². The predicted molar refractivity (Wildman–Crippen MR) is 220 cm³/mol. The first-order chi connectivity index (χ1) is 27.2. The van der Waals surface area contributed by atoms with Crippen molar-refractivity contribution in [3.05, 3.63) is 0 Å². The van der Waals surface area contributed by atoms with Crippen LogP contribution >= 0.6 is 0 Å². The highest BCUT2D eigenvalue weighted by molar-refractivity contribution is 5.73. The molecule has 0 aromatic carbocycles. The molecule has 0 heterocycles. The van der Waals surface area contributed by atoms with E-state index in [1.54, 1.807) is 0 Å². The molecule has 0 aliphatic rings. The fourth-order valence-electron chi connectivity index (χ4n) is 6.47. The molecule has 0 saturated heterocycles. The smallest absolute Gasteiger partial charge is 0.308 e. The second-order valence-corrected chi connectivity index (χ2v) is 15.5. The number of ether oxygens (including phenoxy) is 4. The number of esters is 4. The molecule has 0 radical (unpaired) electrons. The first kappa shape index (κ1) is 53.3. The zero-order valence-electron chi connectivity index (χ0n) is 35.5. The van der Waals surface area contributed by atoms with Gasteiger partial charge in [0.2, 0.25) is 0 Å². The summed E-state index contributed by atoms with van der Waals surface area (Å²) in [6.45, 7) is 3.81. The van der Waals surface area contributed by atoms with Gasteiger partial charge in [-0.3, -0.25) is 24.0 Å². The largest absolute Gasteiger partial charge is 0.481 e. The predicted octanol–water partition coefficient (Wildman–Crippen LogP) is 10.9. The summed E-state index contributed by atoms with van der Waals surface area (Å²) < 4.78 is 21.1. The van der Waals surface area contributed by atoms with Crippen molar-refractivity contribution in [1.29, 1.82) is 0 Å². The minimum Gasteiger partial charge on any atom is -0.481 e. The van der Waals surface area contributed by atoms with Gasteiger partial charge < -0.3 is 29.2 Å². The van der Waals surface area contributed by atoms with Gasteiger partial charge in [0.25, 0.3) is 0 Å². The Bertz CT molecular complexity index is 954. The van der Waals surface area contributed by atoms with Crippen molar-refractivity contribution in [3.8, 4) is 0 Å². The van der Waals surface area contributed by atoms with E-state index in [9.17, 15) is 29.1 Å². The van der Waals surface area contributed by atoms with Gasteiger partial charge in [-0.25, -0.2) is 0 Å². The fourth-order valence-corrected chi connectivity index (χ4v) is 6.47. The molecule has 328 valence electrons.